The molecule has 1 aliphatic rings. The van der Waals surface area contributed by atoms with E-state index in [0.717, 1.165) is 20.1 Å². The zero-order chi connectivity index (χ0) is 14.4. The third-order valence-electron chi connectivity index (χ3n) is 3.19. The molecule has 0 bridgehead atoms. The highest BCUT2D eigenvalue weighted by Gasteiger charge is 2.31. The molecule has 1 aliphatic carbocycles. The fourth-order valence-electron chi connectivity index (χ4n) is 2.43. The minimum absolute atomic E-state index is 0.0321. The van der Waals surface area contributed by atoms with Crippen LogP contribution in [0, 0.1) is 0 Å². The van der Waals surface area contributed by atoms with Crippen LogP contribution in [0.4, 0.5) is 5.69 Å². The van der Waals surface area contributed by atoms with Gasteiger partial charge in [0.05, 0.1) is 0 Å². The second-order valence-electron chi connectivity index (χ2n) is 4.55. The molecule has 0 aromatic heterocycles. The Balaban J connectivity index is 2.32. The van der Waals surface area contributed by atoms with E-state index >= 15 is 0 Å². The first-order chi connectivity index (χ1) is 9.49. The quantitative estimate of drug-likeness (QED) is 0.665. The average molecular weight is 395 g/mol. The molecule has 0 heterocycles. The van der Waals surface area contributed by atoms with Crippen LogP contribution in [0.25, 0.3) is 11.1 Å². The Labute approximate surface area is 132 Å². The number of anilines is 1. The van der Waals surface area contributed by atoms with Crippen molar-refractivity contribution in [3.8, 4) is 11.1 Å². The van der Waals surface area contributed by atoms with E-state index in [1.165, 1.54) is 6.92 Å². The van der Waals surface area contributed by atoms with Gasteiger partial charge in [-0.1, -0.05) is 37.9 Å². The summed E-state index contributed by atoms with van der Waals surface area (Å²) in [6.07, 6.45) is 0. The van der Waals surface area contributed by atoms with Gasteiger partial charge < -0.3 is 5.32 Å². The number of ketones is 1. The summed E-state index contributed by atoms with van der Waals surface area (Å²) in [7, 11) is 0. The van der Waals surface area contributed by atoms with Gasteiger partial charge in [-0.15, -0.1) is 0 Å². The number of fused-ring (bicyclic) bond motifs is 3. The van der Waals surface area contributed by atoms with Crippen LogP contribution in [-0.2, 0) is 4.79 Å². The predicted octanol–water partition coefficient (Wildman–Crippen LogP) is 4.38. The standard InChI is InChI=1S/C15H9Br2NO2/c1-7(19)18-12-5-4-11(17)14-13(12)9-3-2-8(16)6-10(9)15(14)20/h2-6H,1H3,(H,18,19). The molecule has 0 radical (unpaired) electrons. The first-order valence-electron chi connectivity index (χ1n) is 5.93. The van der Waals surface area contributed by atoms with E-state index in [4.69, 9.17) is 0 Å². The molecule has 2 aromatic carbocycles. The lowest BCUT2D eigenvalue weighted by atomic mass is 10.0. The van der Waals surface area contributed by atoms with Gasteiger partial charge in [-0.05, 0) is 29.8 Å². The molecule has 1 N–H and O–H groups in total. The number of carbonyl (C=O) groups is 2. The van der Waals surface area contributed by atoms with E-state index < -0.39 is 0 Å². The number of amides is 1. The highest BCUT2D eigenvalue weighted by atomic mass is 79.9. The maximum absolute atomic E-state index is 12.5. The van der Waals surface area contributed by atoms with Crippen molar-refractivity contribution in [3.63, 3.8) is 0 Å². The summed E-state index contributed by atoms with van der Waals surface area (Å²) in [5.41, 5.74) is 3.53. The van der Waals surface area contributed by atoms with Crippen LogP contribution in [0.5, 0.6) is 0 Å². The first-order valence-corrected chi connectivity index (χ1v) is 7.52. The Morgan fingerprint density at radius 2 is 1.80 bits per heavy atom. The average Bonchev–Trinajstić information content (AvgIpc) is 2.67. The van der Waals surface area contributed by atoms with Crippen LogP contribution < -0.4 is 5.32 Å². The number of nitrogens with one attached hydrogen (secondary N) is 1. The fourth-order valence-corrected chi connectivity index (χ4v) is 3.30. The van der Waals surface area contributed by atoms with Crippen LogP contribution in [-0.4, -0.2) is 11.7 Å². The number of rotatable bonds is 1. The number of carbonyl (C=O) groups excluding carboxylic acids is 2. The maximum atomic E-state index is 12.5. The van der Waals surface area contributed by atoms with Gasteiger partial charge >= 0.3 is 0 Å². The molecule has 3 rings (SSSR count). The zero-order valence-electron chi connectivity index (χ0n) is 10.5. The fraction of sp³-hybridized carbons (Fsp3) is 0.0667. The Morgan fingerprint density at radius 3 is 2.50 bits per heavy atom. The zero-order valence-corrected chi connectivity index (χ0v) is 13.6. The van der Waals surface area contributed by atoms with Gasteiger partial charge in [0.2, 0.25) is 5.91 Å². The Bertz CT molecular complexity index is 769. The lowest BCUT2D eigenvalue weighted by Gasteiger charge is -2.10. The van der Waals surface area contributed by atoms with E-state index in [1.807, 2.05) is 18.2 Å². The summed E-state index contributed by atoms with van der Waals surface area (Å²) in [5, 5.41) is 2.78. The molecule has 100 valence electrons. The molecular formula is C15H9Br2NO2. The maximum Gasteiger partial charge on any atom is 0.221 e. The van der Waals surface area contributed by atoms with Gasteiger partial charge in [-0.2, -0.15) is 0 Å². The van der Waals surface area contributed by atoms with Crippen molar-refractivity contribution in [3.05, 3.63) is 50.4 Å². The second kappa shape index (κ2) is 4.82. The molecule has 0 atom stereocenters. The molecule has 0 spiro atoms. The van der Waals surface area contributed by atoms with Gasteiger partial charge in [0, 0.05) is 38.2 Å². The summed E-state index contributed by atoms with van der Waals surface area (Å²) in [5.74, 6) is -0.192. The molecule has 0 aliphatic heterocycles. The topological polar surface area (TPSA) is 46.2 Å². The van der Waals surface area contributed by atoms with Crippen molar-refractivity contribution in [1.82, 2.24) is 0 Å². The van der Waals surface area contributed by atoms with Gasteiger partial charge in [0.1, 0.15) is 0 Å². The van der Waals surface area contributed by atoms with Crippen molar-refractivity contribution < 1.29 is 9.59 Å². The van der Waals surface area contributed by atoms with Crippen LogP contribution in [0.15, 0.2) is 39.3 Å². The van der Waals surface area contributed by atoms with Gasteiger partial charge in [-0.3, -0.25) is 9.59 Å². The minimum Gasteiger partial charge on any atom is -0.326 e. The van der Waals surface area contributed by atoms with Crippen molar-refractivity contribution in [2.75, 3.05) is 5.32 Å². The number of hydrogen-bond donors (Lipinski definition) is 1. The van der Waals surface area contributed by atoms with Gasteiger partial charge in [0.15, 0.2) is 5.78 Å². The van der Waals surface area contributed by atoms with Crippen LogP contribution >= 0.6 is 31.9 Å². The minimum atomic E-state index is -0.160. The van der Waals surface area contributed by atoms with Gasteiger partial charge in [0.25, 0.3) is 0 Å². The second-order valence-corrected chi connectivity index (χ2v) is 6.32. The van der Waals surface area contributed by atoms with Crippen LogP contribution in [0.1, 0.15) is 22.8 Å². The van der Waals surface area contributed by atoms with E-state index in [0.29, 0.717) is 16.8 Å². The Hall–Kier alpha value is -1.46. The normalized spacial score (nSPS) is 12.1. The van der Waals surface area contributed by atoms with Crippen LogP contribution in [0.2, 0.25) is 0 Å². The smallest absolute Gasteiger partial charge is 0.221 e. The summed E-state index contributed by atoms with van der Waals surface area (Å²) in [4.78, 5) is 23.9. The number of halogens is 2. The molecule has 0 saturated heterocycles. The highest BCUT2D eigenvalue weighted by Crippen LogP contribution is 2.45. The monoisotopic (exact) mass is 393 g/mol. The summed E-state index contributed by atoms with van der Waals surface area (Å²) in [6.45, 7) is 1.45. The SMILES string of the molecule is CC(=O)Nc1ccc(Br)c2c1-c1ccc(Br)cc1C2=O. The third kappa shape index (κ3) is 2.01. The van der Waals surface area contributed by atoms with E-state index in [9.17, 15) is 9.59 Å². The molecular weight excluding hydrogens is 386 g/mol. The van der Waals surface area contributed by atoms with E-state index in [-0.39, 0.29) is 11.7 Å². The van der Waals surface area contributed by atoms with Gasteiger partial charge in [-0.25, -0.2) is 0 Å². The molecule has 0 fully saturated rings. The summed E-state index contributed by atoms with van der Waals surface area (Å²) < 4.78 is 1.59. The highest BCUT2D eigenvalue weighted by molar-refractivity contribution is 9.10. The molecule has 2 aromatic rings. The van der Waals surface area contributed by atoms with Crippen molar-refractivity contribution in [2.45, 2.75) is 6.92 Å². The molecule has 3 nitrogen and oxygen atoms in total. The largest absolute Gasteiger partial charge is 0.326 e. The first kappa shape index (κ1) is 13.5. The van der Waals surface area contributed by atoms with E-state index in [2.05, 4.69) is 37.2 Å². The molecule has 0 unspecified atom stereocenters. The number of hydrogen-bond acceptors (Lipinski definition) is 2. The Morgan fingerprint density at radius 1 is 1.05 bits per heavy atom. The molecule has 1 amide bonds. The molecule has 20 heavy (non-hydrogen) atoms. The van der Waals surface area contributed by atoms with E-state index in [1.54, 1.807) is 12.1 Å². The van der Waals surface area contributed by atoms with Crippen molar-refractivity contribution in [1.29, 1.82) is 0 Å². The molecule has 5 heteroatoms. The summed E-state index contributed by atoms with van der Waals surface area (Å²) >= 11 is 6.80. The molecule has 0 saturated carbocycles. The Kier molecular flexibility index (Phi) is 3.26. The lowest BCUT2D eigenvalue weighted by Crippen LogP contribution is -2.07. The van der Waals surface area contributed by atoms with Crippen molar-refractivity contribution >= 4 is 49.2 Å². The predicted molar refractivity (Wildman–Crippen MR) is 85.0 cm³/mol. The lowest BCUT2D eigenvalue weighted by molar-refractivity contribution is -0.114. The third-order valence-corrected chi connectivity index (χ3v) is 4.34. The van der Waals surface area contributed by atoms with Crippen LogP contribution in [0.3, 0.4) is 0 Å². The summed E-state index contributed by atoms with van der Waals surface area (Å²) in [6, 6.07) is 9.17. The number of benzene rings is 2. The van der Waals surface area contributed by atoms with Crippen molar-refractivity contribution in [2.24, 2.45) is 0 Å².